The molecule has 0 bridgehead atoms. The summed E-state index contributed by atoms with van der Waals surface area (Å²) in [6.45, 7) is 11.9. The van der Waals surface area contributed by atoms with Gasteiger partial charge in [0, 0.05) is 26.2 Å². The van der Waals surface area contributed by atoms with Crippen molar-refractivity contribution in [1.29, 1.82) is 0 Å². The standard InChI is InChI=1S/C19H42N4O2.HI/c1-7-12-19(24,13-8-2)16-22-18(20-9-3)21-15-17(25-10-4)11-14-23(5)6;/h17,24H,7-16H2,1-6H3,(H2,20,21,22);1H. The number of hydrogen-bond acceptors (Lipinski definition) is 4. The quantitative estimate of drug-likeness (QED) is 0.200. The number of ether oxygens (including phenoxy) is 1. The average Bonchev–Trinajstić information content (AvgIpc) is 2.55. The largest absolute Gasteiger partial charge is 0.388 e. The predicted molar refractivity (Wildman–Crippen MR) is 123 cm³/mol. The highest BCUT2D eigenvalue weighted by molar-refractivity contribution is 14.0. The van der Waals surface area contributed by atoms with Crippen molar-refractivity contribution in [2.24, 2.45) is 4.99 Å². The Balaban J connectivity index is 0. The Morgan fingerprint density at radius 3 is 2.19 bits per heavy atom. The first-order valence-corrected chi connectivity index (χ1v) is 9.91. The van der Waals surface area contributed by atoms with E-state index in [1.807, 2.05) is 13.8 Å². The van der Waals surface area contributed by atoms with Gasteiger partial charge in [0.15, 0.2) is 5.96 Å². The fourth-order valence-corrected chi connectivity index (χ4v) is 2.87. The maximum atomic E-state index is 10.7. The molecule has 0 saturated heterocycles. The molecule has 0 aromatic rings. The van der Waals surface area contributed by atoms with Gasteiger partial charge in [0.05, 0.1) is 18.2 Å². The van der Waals surface area contributed by atoms with Crippen molar-refractivity contribution in [1.82, 2.24) is 15.5 Å². The van der Waals surface area contributed by atoms with Crippen molar-refractivity contribution in [3.63, 3.8) is 0 Å². The molecule has 1 unspecified atom stereocenters. The van der Waals surface area contributed by atoms with Gasteiger partial charge in [0.25, 0.3) is 0 Å². The number of aliphatic hydroxyl groups is 1. The number of rotatable bonds is 14. The third-order valence-electron chi connectivity index (χ3n) is 4.10. The van der Waals surface area contributed by atoms with Crippen molar-refractivity contribution in [3.8, 4) is 0 Å². The van der Waals surface area contributed by atoms with Crippen LogP contribution in [0.4, 0.5) is 0 Å². The van der Waals surface area contributed by atoms with Crippen LogP contribution in [0.5, 0.6) is 0 Å². The molecule has 158 valence electrons. The van der Waals surface area contributed by atoms with E-state index in [1.165, 1.54) is 0 Å². The summed E-state index contributed by atoms with van der Waals surface area (Å²) in [6.07, 6.45) is 4.63. The number of guanidine groups is 1. The van der Waals surface area contributed by atoms with Crippen molar-refractivity contribution in [2.75, 3.05) is 46.9 Å². The highest BCUT2D eigenvalue weighted by Gasteiger charge is 2.24. The molecular formula is C19H43IN4O2. The van der Waals surface area contributed by atoms with E-state index in [4.69, 9.17) is 4.74 Å². The first-order valence-electron chi connectivity index (χ1n) is 9.91. The predicted octanol–water partition coefficient (Wildman–Crippen LogP) is 2.85. The van der Waals surface area contributed by atoms with Gasteiger partial charge in [0.2, 0.25) is 0 Å². The summed E-state index contributed by atoms with van der Waals surface area (Å²) in [5.41, 5.74) is -0.698. The summed E-state index contributed by atoms with van der Waals surface area (Å²) in [4.78, 5) is 6.80. The minimum Gasteiger partial charge on any atom is -0.388 e. The van der Waals surface area contributed by atoms with Crippen LogP contribution < -0.4 is 10.6 Å². The maximum Gasteiger partial charge on any atom is 0.191 e. The van der Waals surface area contributed by atoms with Crippen LogP contribution in [0.15, 0.2) is 4.99 Å². The molecule has 0 aromatic carbocycles. The summed E-state index contributed by atoms with van der Waals surface area (Å²) in [7, 11) is 4.15. The molecule has 0 aliphatic heterocycles. The Labute approximate surface area is 178 Å². The average molecular weight is 486 g/mol. The Morgan fingerprint density at radius 1 is 1.12 bits per heavy atom. The van der Waals surface area contributed by atoms with Gasteiger partial charge in [-0.2, -0.15) is 0 Å². The van der Waals surface area contributed by atoms with Crippen LogP contribution in [-0.4, -0.2) is 74.6 Å². The number of nitrogens with one attached hydrogen (secondary N) is 2. The highest BCUT2D eigenvalue weighted by atomic mass is 127. The number of aliphatic imine (C=N–C) groups is 1. The molecule has 0 aliphatic carbocycles. The maximum absolute atomic E-state index is 10.7. The lowest BCUT2D eigenvalue weighted by Gasteiger charge is -2.26. The fourth-order valence-electron chi connectivity index (χ4n) is 2.87. The smallest absolute Gasteiger partial charge is 0.191 e. The summed E-state index contributed by atoms with van der Waals surface area (Å²) >= 11 is 0. The van der Waals surface area contributed by atoms with Crippen LogP contribution in [0.2, 0.25) is 0 Å². The minimum atomic E-state index is -0.698. The normalized spacial score (nSPS) is 13.5. The Hall–Kier alpha value is -0.120. The monoisotopic (exact) mass is 486 g/mol. The zero-order chi connectivity index (χ0) is 19.1. The Kier molecular flexibility index (Phi) is 18.4. The fraction of sp³-hybridized carbons (Fsp3) is 0.947. The van der Waals surface area contributed by atoms with Gasteiger partial charge in [-0.15, -0.1) is 24.0 Å². The summed E-state index contributed by atoms with van der Waals surface area (Å²) < 4.78 is 5.82. The first-order chi connectivity index (χ1) is 11.9. The van der Waals surface area contributed by atoms with Crippen LogP contribution in [0.25, 0.3) is 0 Å². The second kappa shape index (κ2) is 17.0. The number of halogens is 1. The van der Waals surface area contributed by atoms with E-state index in [1.54, 1.807) is 0 Å². The molecular weight excluding hydrogens is 443 g/mol. The van der Waals surface area contributed by atoms with E-state index < -0.39 is 5.60 Å². The van der Waals surface area contributed by atoms with Crippen molar-refractivity contribution in [3.05, 3.63) is 0 Å². The number of hydrogen-bond donors (Lipinski definition) is 3. The molecule has 0 saturated carbocycles. The van der Waals surface area contributed by atoms with Gasteiger partial charge in [-0.1, -0.05) is 26.7 Å². The van der Waals surface area contributed by atoms with Crippen molar-refractivity contribution in [2.45, 2.75) is 71.5 Å². The van der Waals surface area contributed by atoms with Crippen LogP contribution in [0.1, 0.15) is 59.8 Å². The number of nitrogens with zero attached hydrogens (tertiary/aromatic N) is 2. The van der Waals surface area contributed by atoms with Crippen LogP contribution in [-0.2, 0) is 4.74 Å². The molecule has 7 heteroatoms. The lowest BCUT2D eigenvalue weighted by molar-refractivity contribution is 0.0305. The molecule has 0 spiro atoms. The van der Waals surface area contributed by atoms with E-state index in [9.17, 15) is 5.11 Å². The molecule has 0 radical (unpaired) electrons. The van der Waals surface area contributed by atoms with E-state index >= 15 is 0 Å². The first kappa shape index (κ1) is 28.1. The lowest BCUT2D eigenvalue weighted by Crippen LogP contribution is -2.43. The molecule has 0 aromatic heterocycles. The molecule has 0 aliphatic rings. The van der Waals surface area contributed by atoms with Gasteiger partial charge < -0.3 is 25.4 Å². The Bertz CT molecular complexity index is 348. The molecule has 3 N–H and O–H groups in total. The van der Waals surface area contributed by atoms with E-state index in [0.717, 1.165) is 51.2 Å². The summed E-state index contributed by atoms with van der Waals surface area (Å²) in [6, 6.07) is 0. The van der Waals surface area contributed by atoms with Crippen LogP contribution in [0.3, 0.4) is 0 Å². The van der Waals surface area contributed by atoms with Crippen LogP contribution >= 0.6 is 24.0 Å². The lowest BCUT2D eigenvalue weighted by atomic mass is 9.93. The second-order valence-electron chi connectivity index (χ2n) is 6.97. The van der Waals surface area contributed by atoms with Gasteiger partial charge in [0.1, 0.15) is 0 Å². The zero-order valence-corrected chi connectivity index (χ0v) is 20.1. The zero-order valence-electron chi connectivity index (χ0n) is 17.8. The minimum absolute atomic E-state index is 0. The van der Waals surface area contributed by atoms with E-state index in [2.05, 4.69) is 48.5 Å². The summed E-state index contributed by atoms with van der Waals surface area (Å²) in [5.74, 6) is 0.752. The molecule has 0 amide bonds. The molecule has 26 heavy (non-hydrogen) atoms. The molecule has 6 nitrogen and oxygen atoms in total. The van der Waals surface area contributed by atoms with Gasteiger partial charge in [-0.3, -0.25) is 4.99 Å². The van der Waals surface area contributed by atoms with Gasteiger partial charge in [-0.25, -0.2) is 0 Å². The van der Waals surface area contributed by atoms with Gasteiger partial charge in [-0.05, 0) is 47.2 Å². The topological polar surface area (TPSA) is 69.1 Å². The highest BCUT2D eigenvalue weighted by Crippen LogP contribution is 2.19. The van der Waals surface area contributed by atoms with Crippen molar-refractivity contribution >= 4 is 29.9 Å². The SMILES string of the molecule is CCCC(O)(CCC)CN=C(NCC)NCC(CCN(C)C)OCC.I. The molecule has 0 heterocycles. The molecule has 1 atom stereocenters. The van der Waals surface area contributed by atoms with Gasteiger partial charge >= 0.3 is 0 Å². The molecule has 0 fully saturated rings. The van der Waals surface area contributed by atoms with Crippen LogP contribution in [0, 0.1) is 0 Å². The third-order valence-corrected chi connectivity index (χ3v) is 4.10. The summed E-state index contributed by atoms with van der Waals surface area (Å²) in [5, 5.41) is 17.4. The second-order valence-corrected chi connectivity index (χ2v) is 6.97. The third kappa shape index (κ3) is 14.0. The van der Waals surface area contributed by atoms with E-state index in [-0.39, 0.29) is 30.1 Å². The van der Waals surface area contributed by atoms with Crippen molar-refractivity contribution < 1.29 is 9.84 Å². The Morgan fingerprint density at radius 2 is 1.73 bits per heavy atom. The van der Waals surface area contributed by atoms with E-state index in [0.29, 0.717) is 19.7 Å². The molecule has 0 rings (SSSR count).